The summed E-state index contributed by atoms with van der Waals surface area (Å²) in [4.78, 5) is 15.2. The van der Waals surface area contributed by atoms with Crippen LogP contribution >= 0.6 is 0 Å². The number of anilines is 1. The molecule has 0 aliphatic carbocycles. The quantitative estimate of drug-likeness (QED) is 0.509. The van der Waals surface area contributed by atoms with E-state index in [-0.39, 0.29) is 31.5 Å². The number of ether oxygens (including phenoxy) is 1. The molecule has 0 radical (unpaired) electrons. The van der Waals surface area contributed by atoms with E-state index in [9.17, 15) is 17.6 Å². The van der Waals surface area contributed by atoms with Crippen LogP contribution in [0.3, 0.4) is 0 Å². The third kappa shape index (κ3) is 4.21. The number of rotatable bonds is 6. The number of aliphatic imine (C=N–C) groups is 1. The lowest BCUT2D eigenvalue weighted by molar-refractivity contribution is -0.0711. The van der Waals surface area contributed by atoms with E-state index in [4.69, 9.17) is 9.72 Å². The number of hydrogen-bond acceptors (Lipinski definition) is 7. The van der Waals surface area contributed by atoms with E-state index in [0.717, 1.165) is 5.71 Å². The number of alkyl halides is 4. The third-order valence-corrected chi connectivity index (χ3v) is 7.08. The maximum absolute atomic E-state index is 14.6. The average molecular weight is 504 g/mol. The largest absolute Gasteiger partial charge is 0.378 e. The van der Waals surface area contributed by atoms with Crippen LogP contribution in [0, 0.1) is 0 Å². The first-order valence-electron chi connectivity index (χ1n) is 11.9. The summed E-state index contributed by atoms with van der Waals surface area (Å²) >= 11 is 0. The molecule has 3 aliphatic heterocycles. The van der Waals surface area contributed by atoms with Gasteiger partial charge in [0.2, 0.25) is 12.4 Å². The Labute approximate surface area is 204 Å². The van der Waals surface area contributed by atoms with E-state index < -0.39 is 24.3 Å². The van der Waals surface area contributed by atoms with Crippen molar-refractivity contribution in [3.8, 4) is 11.3 Å². The second-order valence-electron chi connectivity index (χ2n) is 9.70. The van der Waals surface area contributed by atoms with Gasteiger partial charge >= 0.3 is 0 Å². The SMILES string of the molecule is CC1=Nc2ccc(-c3ccn4nc(N[C@@H]5CN(C6COC6)CC5(F)F)ncc34)nc2C(CC(F)F)C1. The summed E-state index contributed by atoms with van der Waals surface area (Å²) in [6.07, 6.45) is 0.981. The molecule has 6 rings (SSSR count). The van der Waals surface area contributed by atoms with Crippen LogP contribution in [0.5, 0.6) is 0 Å². The summed E-state index contributed by atoms with van der Waals surface area (Å²) in [5.74, 6) is -3.22. The van der Waals surface area contributed by atoms with Crippen LogP contribution in [-0.4, -0.2) is 80.9 Å². The van der Waals surface area contributed by atoms with Crippen molar-refractivity contribution < 1.29 is 22.3 Å². The van der Waals surface area contributed by atoms with Crippen LogP contribution in [-0.2, 0) is 4.74 Å². The van der Waals surface area contributed by atoms with Crippen LogP contribution in [0.15, 0.2) is 35.6 Å². The number of hydrogen-bond donors (Lipinski definition) is 1. The number of aromatic nitrogens is 4. The van der Waals surface area contributed by atoms with Crippen LogP contribution in [0.4, 0.5) is 29.2 Å². The number of fused-ring (bicyclic) bond motifs is 2. The highest BCUT2D eigenvalue weighted by Crippen LogP contribution is 2.39. The molecule has 1 unspecified atom stereocenters. The van der Waals surface area contributed by atoms with E-state index in [2.05, 4.69) is 20.4 Å². The maximum Gasteiger partial charge on any atom is 0.281 e. The smallest absolute Gasteiger partial charge is 0.281 e. The molecular weight excluding hydrogens is 478 g/mol. The van der Waals surface area contributed by atoms with Crippen molar-refractivity contribution in [3.05, 3.63) is 36.3 Å². The molecule has 190 valence electrons. The average Bonchev–Trinajstić information content (AvgIpc) is 3.32. The Morgan fingerprint density at radius 2 is 2.06 bits per heavy atom. The van der Waals surface area contributed by atoms with Gasteiger partial charge in [-0.3, -0.25) is 14.9 Å². The van der Waals surface area contributed by atoms with Gasteiger partial charge in [-0.1, -0.05) is 0 Å². The van der Waals surface area contributed by atoms with Crippen molar-refractivity contribution in [1.82, 2.24) is 24.5 Å². The molecule has 0 saturated carbocycles. The molecule has 0 bridgehead atoms. The Hall–Kier alpha value is -3.12. The minimum absolute atomic E-state index is 0.0251. The molecule has 36 heavy (non-hydrogen) atoms. The first-order valence-corrected chi connectivity index (χ1v) is 11.9. The zero-order valence-electron chi connectivity index (χ0n) is 19.5. The molecule has 3 aromatic heterocycles. The van der Waals surface area contributed by atoms with Gasteiger partial charge in [-0.05, 0) is 31.5 Å². The predicted octanol–water partition coefficient (Wildman–Crippen LogP) is 4.16. The standard InChI is InChI=1S/C24H25F4N7O/c1-13-6-14(7-21(25)26)22-18(30-13)3-2-17(31-22)16-4-5-35-19(16)8-29-23(33-35)32-20-9-34(12-24(20,27)28)15-10-36-11-15/h2-5,8,14-15,20-21H,6-7,9-12H2,1H3,(H,32,33)/t14?,20-/m1/s1. The molecule has 1 N–H and O–H groups in total. The van der Waals surface area contributed by atoms with E-state index in [1.807, 2.05) is 6.92 Å². The zero-order chi connectivity index (χ0) is 25.0. The Morgan fingerprint density at radius 1 is 1.22 bits per heavy atom. The lowest BCUT2D eigenvalue weighted by Crippen LogP contribution is -2.48. The van der Waals surface area contributed by atoms with Gasteiger partial charge in [0, 0.05) is 36.4 Å². The molecule has 0 amide bonds. The summed E-state index contributed by atoms with van der Waals surface area (Å²) in [6, 6.07) is 4.30. The highest BCUT2D eigenvalue weighted by atomic mass is 19.3. The van der Waals surface area contributed by atoms with Gasteiger partial charge in [0.25, 0.3) is 5.92 Å². The molecule has 3 aliphatic rings. The van der Waals surface area contributed by atoms with Crippen LogP contribution < -0.4 is 5.32 Å². The molecule has 2 atom stereocenters. The van der Waals surface area contributed by atoms with E-state index in [1.165, 1.54) is 0 Å². The molecule has 12 heteroatoms. The van der Waals surface area contributed by atoms with Crippen LogP contribution in [0.1, 0.15) is 31.4 Å². The number of nitrogens with one attached hydrogen (secondary N) is 1. The normalized spacial score (nSPS) is 24.1. The fraction of sp³-hybridized carbons (Fsp3) is 0.500. The molecule has 0 aromatic carbocycles. The molecule has 2 fully saturated rings. The van der Waals surface area contributed by atoms with Crippen LogP contribution in [0.25, 0.3) is 16.8 Å². The van der Waals surface area contributed by atoms with Crippen molar-refractivity contribution >= 4 is 22.9 Å². The molecular formula is C24H25F4N7O. The summed E-state index contributed by atoms with van der Waals surface area (Å²) in [5.41, 5.74) is 3.91. The van der Waals surface area contributed by atoms with E-state index in [1.54, 1.807) is 40.0 Å². The lowest BCUT2D eigenvalue weighted by Gasteiger charge is -2.34. The number of halogens is 4. The number of likely N-dealkylation sites (tertiary alicyclic amines) is 1. The Morgan fingerprint density at radius 3 is 2.81 bits per heavy atom. The molecule has 3 aromatic rings. The third-order valence-electron chi connectivity index (χ3n) is 7.08. The minimum atomic E-state index is -2.92. The first-order chi connectivity index (χ1) is 17.3. The maximum atomic E-state index is 14.6. The van der Waals surface area contributed by atoms with Crippen molar-refractivity contribution in [1.29, 1.82) is 0 Å². The highest BCUT2D eigenvalue weighted by Gasteiger charge is 2.51. The predicted molar refractivity (Wildman–Crippen MR) is 126 cm³/mol. The van der Waals surface area contributed by atoms with Gasteiger partial charge in [0.05, 0.1) is 54.6 Å². The van der Waals surface area contributed by atoms with Gasteiger partial charge < -0.3 is 10.1 Å². The van der Waals surface area contributed by atoms with Crippen LogP contribution in [0.2, 0.25) is 0 Å². The monoisotopic (exact) mass is 503 g/mol. The van der Waals surface area contributed by atoms with Crippen molar-refractivity contribution in [2.24, 2.45) is 4.99 Å². The molecule has 6 heterocycles. The van der Waals surface area contributed by atoms with Gasteiger partial charge in [-0.25, -0.2) is 27.1 Å². The summed E-state index contributed by atoms with van der Waals surface area (Å²) in [6.45, 7) is 2.64. The molecule has 2 saturated heterocycles. The molecule has 8 nitrogen and oxygen atoms in total. The fourth-order valence-electron chi connectivity index (χ4n) is 5.14. The van der Waals surface area contributed by atoms with Crippen molar-refractivity contribution in [2.45, 2.75) is 50.1 Å². The summed E-state index contributed by atoms with van der Waals surface area (Å²) in [7, 11) is 0. The highest BCUT2D eigenvalue weighted by molar-refractivity contribution is 5.88. The Kier molecular flexibility index (Phi) is 5.67. The Bertz CT molecular complexity index is 1320. The zero-order valence-corrected chi connectivity index (χ0v) is 19.5. The van der Waals surface area contributed by atoms with E-state index >= 15 is 0 Å². The van der Waals surface area contributed by atoms with Gasteiger partial charge in [0.1, 0.15) is 6.04 Å². The minimum Gasteiger partial charge on any atom is -0.378 e. The second-order valence-corrected chi connectivity index (χ2v) is 9.70. The second kappa shape index (κ2) is 8.77. The Balaban J connectivity index is 1.26. The number of pyridine rings is 1. The fourth-order valence-corrected chi connectivity index (χ4v) is 5.14. The number of nitrogens with zero attached hydrogens (tertiary/aromatic N) is 6. The first kappa shape index (κ1) is 23.3. The van der Waals surface area contributed by atoms with Gasteiger partial charge in [0.15, 0.2) is 0 Å². The topological polar surface area (TPSA) is 79.9 Å². The van der Waals surface area contributed by atoms with Gasteiger partial charge in [-0.15, -0.1) is 5.10 Å². The van der Waals surface area contributed by atoms with Crippen molar-refractivity contribution in [2.75, 3.05) is 31.6 Å². The lowest BCUT2D eigenvalue weighted by atomic mass is 9.91. The molecule has 0 spiro atoms. The van der Waals surface area contributed by atoms with Crippen molar-refractivity contribution in [3.63, 3.8) is 0 Å². The summed E-state index contributed by atoms with van der Waals surface area (Å²) in [5, 5.41) is 7.17. The summed E-state index contributed by atoms with van der Waals surface area (Å²) < 4.78 is 62.3. The van der Waals surface area contributed by atoms with Gasteiger partial charge in [-0.2, -0.15) is 0 Å². The van der Waals surface area contributed by atoms with E-state index in [0.29, 0.717) is 47.8 Å².